The van der Waals surface area contributed by atoms with E-state index in [1.807, 2.05) is 54.6 Å². The highest BCUT2D eigenvalue weighted by Crippen LogP contribution is 2.31. The van der Waals surface area contributed by atoms with Crippen molar-refractivity contribution in [3.8, 4) is 17.1 Å². The van der Waals surface area contributed by atoms with Gasteiger partial charge in [0.1, 0.15) is 12.4 Å². The van der Waals surface area contributed by atoms with Crippen molar-refractivity contribution in [3.05, 3.63) is 60.5 Å². The minimum absolute atomic E-state index is 0.0233. The van der Waals surface area contributed by atoms with E-state index in [2.05, 4.69) is 10.1 Å². The van der Waals surface area contributed by atoms with Crippen molar-refractivity contribution in [2.75, 3.05) is 18.1 Å². The Morgan fingerprint density at radius 1 is 1.08 bits per heavy atom. The molecule has 0 bridgehead atoms. The van der Waals surface area contributed by atoms with Crippen molar-refractivity contribution in [2.24, 2.45) is 0 Å². The number of aromatic nitrogens is 2. The standard InChI is InChI=1S/C19H17N3O3/c23-18(22-12-13-24-16-9-5-4-8-15(16)22)11-10-17-20-19(21-25-17)14-6-2-1-3-7-14/h1-9H,10-13H2. The first-order chi connectivity index (χ1) is 12.3. The van der Waals surface area contributed by atoms with Gasteiger partial charge in [-0.05, 0) is 12.1 Å². The largest absolute Gasteiger partial charge is 0.490 e. The molecule has 126 valence electrons. The Kier molecular flexibility index (Phi) is 4.16. The van der Waals surface area contributed by atoms with Gasteiger partial charge in [-0.1, -0.05) is 47.6 Å². The van der Waals surface area contributed by atoms with Gasteiger partial charge in [0.25, 0.3) is 0 Å². The molecule has 0 fully saturated rings. The molecule has 2 aromatic carbocycles. The lowest BCUT2D eigenvalue weighted by atomic mass is 10.2. The number of anilines is 1. The molecule has 0 unspecified atom stereocenters. The lowest BCUT2D eigenvalue weighted by Crippen LogP contribution is -2.38. The monoisotopic (exact) mass is 335 g/mol. The zero-order valence-electron chi connectivity index (χ0n) is 13.6. The highest BCUT2D eigenvalue weighted by Gasteiger charge is 2.23. The zero-order chi connectivity index (χ0) is 17.1. The number of aryl methyl sites for hydroxylation is 1. The van der Waals surface area contributed by atoms with Gasteiger partial charge in [0, 0.05) is 18.4 Å². The van der Waals surface area contributed by atoms with E-state index < -0.39 is 0 Å². The van der Waals surface area contributed by atoms with Gasteiger partial charge in [-0.2, -0.15) is 4.98 Å². The van der Waals surface area contributed by atoms with Gasteiger partial charge in [0.05, 0.1) is 12.2 Å². The maximum Gasteiger partial charge on any atom is 0.227 e. The van der Waals surface area contributed by atoms with Crippen molar-refractivity contribution < 1.29 is 14.1 Å². The first kappa shape index (κ1) is 15.4. The second-order valence-electron chi connectivity index (χ2n) is 5.74. The summed E-state index contributed by atoms with van der Waals surface area (Å²) >= 11 is 0. The van der Waals surface area contributed by atoms with Gasteiger partial charge in [0.2, 0.25) is 17.6 Å². The van der Waals surface area contributed by atoms with Crippen molar-refractivity contribution >= 4 is 11.6 Å². The molecular formula is C19H17N3O3. The molecule has 0 spiro atoms. The normalized spacial score (nSPS) is 13.2. The van der Waals surface area contributed by atoms with Crippen LogP contribution in [0.5, 0.6) is 5.75 Å². The molecule has 0 N–H and O–H groups in total. The van der Waals surface area contributed by atoms with Crippen LogP contribution in [0.4, 0.5) is 5.69 Å². The van der Waals surface area contributed by atoms with E-state index in [0.717, 1.165) is 17.0 Å². The molecule has 0 saturated heterocycles. The zero-order valence-corrected chi connectivity index (χ0v) is 13.6. The van der Waals surface area contributed by atoms with Crippen LogP contribution in [0.1, 0.15) is 12.3 Å². The van der Waals surface area contributed by atoms with Crippen LogP contribution in [0, 0.1) is 0 Å². The smallest absolute Gasteiger partial charge is 0.227 e. The van der Waals surface area contributed by atoms with E-state index >= 15 is 0 Å². The number of hydrogen-bond donors (Lipinski definition) is 0. The van der Waals surface area contributed by atoms with Gasteiger partial charge >= 0.3 is 0 Å². The Morgan fingerprint density at radius 3 is 2.76 bits per heavy atom. The van der Waals surface area contributed by atoms with Gasteiger partial charge in [-0.15, -0.1) is 0 Å². The minimum Gasteiger partial charge on any atom is -0.490 e. The summed E-state index contributed by atoms with van der Waals surface area (Å²) in [4.78, 5) is 18.7. The van der Waals surface area contributed by atoms with Crippen LogP contribution in [-0.2, 0) is 11.2 Å². The van der Waals surface area contributed by atoms with E-state index in [0.29, 0.717) is 37.7 Å². The fourth-order valence-corrected chi connectivity index (χ4v) is 2.84. The van der Waals surface area contributed by atoms with Crippen molar-refractivity contribution in [3.63, 3.8) is 0 Å². The number of para-hydroxylation sites is 2. The number of nitrogens with zero attached hydrogens (tertiary/aromatic N) is 3. The van der Waals surface area contributed by atoms with Gasteiger partial charge in [-0.25, -0.2) is 0 Å². The maximum absolute atomic E-state index is 12.6. The SMILES string of the molecule is O=C(CCc1nc(-c2ccccc2)no1)N1CCOc2ccccc21. The third kappa shape index (κ3) is 3.24. The summed E-state index contributed by atoms with van der Waals surface area (Å²) in [5.41, 5.74) is 1.71. The third-order valence-corrected chi connectivity index (χ3v) is 4.08. The van der Waals surface area contributed by atoms with E-state index in [9.17, 15) is 4.79 Å². The van der Waals surface area contributed by atoms with Crippen LogP contribution in [0.25, 0.3) is 11.4 Å². The number of benzene rings is 2. The number of carbonyl (C=O) groups is 1. The van der Waals surface area contributed by atoms with Crippen LogP contribution < -0.4 is 9.64 Å². The second kappa shape index (κ2) is 6.76. The van der Waals surface area contributed by atoms with Crippen LogP contribution in [0.2, 0.25) is 0 Å². The van der Waals surface area contributed by atoms with Gasteiger partial charge < -0.3 is 14.2 Å². The van der Waals surface area contributed by atoms with Crippen molar-refractivity contribution in [2.45, 2.75) is 12.8 Å². The molecule has 1 amide bonds. The van der Waals surface area contributed by atoms with E-state index in [1.165, 1.54) is 0 Å². The predicted molar refractivity (Wildman–Crippen MR) is 92.3 cm³/mol. The van der Waals surface area contributed by atoms with Crippen molar-refractivity contribution in [1.29, 1.82) is 0 Å². The number of ether oxygens (including phenoxy) is 1. The molecular weight excluding hydrogens is 318 g/mol. The Balaban J connectivity index is 1.42. The lowest BCUT2D eigenvalue weighted by Gasteiger charge is -2.29. The molecule has 3 aromatic rings. The summed E-state index contributed by atoms with van der Waals surface area (Å²) in [6.45, 7) is 1.05. The maximum atomic E-state index is 12.6. The summed E-state index contributed by atoms with van der Waals surface area (Å²) in [6, 6.07) is 17.2. The molecule has 6 nitrogen and oxygen atoms in total. The average Bonchev–Trinajstić information content (AvgIpc) is 3.15. The molecule has 4 rings (SSSR count). The number of hydrogen-bond acceptors (Lipinski definition) is 5. The van der Waals surface area contributed by atoms with Crippen LogP contribution in [0.15, 0.2) is 59.1 Å². The lowest BCUT2D eigenvalue weighted by molar-refractivity contribution is -0.118. The predicted octanol–water partition coefficient (Wildman–Crippen LogP) is 3.09. The molecule has 1 aromatic heterocycles. The number of amides is 1. The first-order valence-corrected chi connectivity index (χ1v) is 8.21. The molecule has 25 heavy (non-hydrogen) atoms. The first-order valence-electron chi connectivity index (χ1n) is 8.21. The number of carbonyl (C=O) groups excluding carboxylic acids is 1. The Morgan fingerprint density at radius 2 is 1.88 bits per heavy atom. The Labute approximate surface area is 145 Å². The average molecular weight is 335 g/mol. The van der Waals surface area contributed by atoms with E-state index in [4.69, 9.17) is 9.26 Å². The second-order valence-corrected chi connectivity index (χ2v) is 5.74. The summed E-state index contributed by atoms with van der Waals surface area (Å²) < 4.78 is 10.9. The molecule has 0 aliphatic carbocycles. The summed E-state index contributed by atoms with van der Waals surface area (Å²) in [5, 5.41) is 3.98. The van der Waals surface area contributed by atoms with E-state index in [1.54, 1.807) is 4.90 Å². The molecule has 1 aliphatic heterocycles. The topological polar surface area (TPSA) is 68.5 Å². The van der Waals surface area contributed by atoms with Crippen LogP contribution in [0.3, 0.4) is 0 Å². The summed E-state index contributed by atoms with van der Waals surface area (Å²) in [5.74, 6) is 1.77. The Hall–Kier alpha value is -3.15. The molecule has 0 atom stereocenters. The summed E-state index contributed by atoms with van der Waals surface area (Å²) in [6.07, 6.45) is 0.725. The number of rotatable bonds is 4. The molecule has 2 heterocycles. The fraction of sp³-hybridized carbons (Fsp3) is 0.211. The summed E-state index contributed by atoms with van der Waals surface area (Å²) in [7, 11) is 0. The van der Waals surface area contributed by atoms with Crippen LogP contribution >= 0.6 is 0 Å². The quantitative estimate of drug-likeness (QED) is 0.733. The highest BCUT2D eigenvalue weighted by molar-refractivity contribution is 5.95. The number of fused-ring (bicyclic) bond motifs is 1. The molecule has 6 heteroatoms. The van der Waals surface area contributed by atoms with Crippen molar-refractivity contribution in [1.82, 2.24) is 10.1 Å². The van der Waals surface area contributed by atoms with Crippen LogP contribution in [-0.4, -0.2) is 29.2 Å². The molecule has 0 saturated carbocycles. The molecule has 0 radical (unpaired) electrons. The minimum atomic E-state index is 0.0233. The molecule has 1 aliphatic rings. The van der Waals surface area contributed by atoms with Gasteiger partial charge in [-0.3, -0.25) is 4.79 Å². The Bertz CT molecular complexity index is 876. The highest BCUT2D eigenvalue weighted by atomic mass is 16.5. The van der Waals surface area contributed by atoms with E-state index in [-0.39, 0.29) is 5.91 Å². The fourth-order valence-electron chi connectivity index (χ4n) is 2.84. The van der Waals surface area contributed by atoms with Gasteiger partial charge in [0.15, 0.2) is 0 Å². The third-order valence-electron chi connectivity index (χ3n) is 4.08.